The van der Waals surface area contributed by atoms with Gasteiger partial charge in [-0.1, -0.05) is 20.3 Å². The van der Waals surface area contributed by atoms with E-state index in [4.69, 9.17) is 15.8 Å². The van der Waals surface area contributed by atoms with Crippen LogP contribution < -0.4 is 5.84 Å². The molecule has 1 unspecified atom stereocenters. The van der Waals surface area contributed by atoms with Crippen LogP contribution in [0.2, 0.25) is 0 Å². The molecule has 7 nitrogen and oxygen atoms in total. The fourth-order valence-corrected chi connectivity index (χ4v) is 5.02. The molecular formula is C22H23BrF3N5O2S. The molecule has 12 heteroatoms. The molecule has 1 heterocycles. The second-order valence-electron chi connectivity index (χ2n) is 7.58. The minimum absolute atomic E-state index is 0.0700. The first kappa shape index (κ1) is 26.2. The topological polar surface area (TPSA) is 97.1 Å². The number of rotatable bonds is 6. The summed E-state index contributed by atoms with van der Waals surface area (Å²) in [6.07, 6.45) is -3.49. The zero-order chi connectivity index (χ0) is 25.2. The smallest absolute Gasteiger partial charge is 0.300 e. The van der Waals surface area contributed by atoms with Crippen molar-refractivity contribution in [1.29, 1.82) is 0 Å². The summed E-state index contributed by atoms with van der Waals surface area (Å²) in [6, 6.07) is 5.24. The number of aliphatic imine (C=N–C) groups is 2. The number of hydrogen-bond acceptors (Lipinski definition) is 7. The number of benzene rings is 2. The largest absolute Gasteiger partial charge is 0.416 e. The molecule has 0 aliphatic carbocycles. The number of thioether (sulfide) groups is 1. The van der Waals surface area contributed by atoms with Crippen LogP contribution in [0.1, 0.15) is 43.4 Å². The van der Waals surface area contributed by atoms with Crippen LogP contribution in [-0.4, -0.2) is 40.3 Å². The molecule has 2 N–H and O–H groups in total. The minimum atomic E-state index is -4.68. The van der Waals surface area contributed by atoms with Crippen molar-refractivity contribution in [1.82, 2.24) is 5.01 Å². The van der Waals surface area contributed by atoms with Crippen LogP contribution in [0.3, 0.4) is 0 Å². The van der Waals surface area contributed by atoms with E-state index in [0.29, 0.717) is 40.5 Å². The third-order valence-electron chi connectivity index (χ3n) is 5.12. The molecule has 1 atom stereocenters. The van der Waals surface area contributed by atoms with Gasteiger partial charge in [0.2, 0.25) is 0 Å². The van der Waals surface area contributed by atoms with Crippen molar-refractivity contribution in [2.24, 2.45) is 15.8 Å². The molecule has 0 fully saturated rings. The number of hydrogen-bond donors (Lipinski definition) is 1. The number of nitrogens with two attached hydrogens (primary N) is 1. The molecule has 1 aliphatic rings. The highest BCUT2D eigenvalue weighted by molar-refractivity contribution is 9.10. The Kier molecular flexibility index (Phi) is 8.04. The van der Waals surface area contributed by atoms with Gasteiger partial charge in [0.05, 0.1) is 27.4 Å². The first-order valence-corrected chi connectivity index (χ1v) is 12.2. The van der Waals surface area contributed by atoms with Gasteiger partial charge in [-0.25, -0.2) is 10.8 Å². The second-order valence-corrected chi connectivity index (χ2v) is 9.74. The zero-order valence-corrected chi connectivity index (χ0v) is 21.1. The maximum Gasteiger partial charge on any atom is 0.416 e. The fraction of sp³-hybridized carbons (Fsp3) is 0.364. The van der Waals surface area contributed by atoms with E-state index in [-0.39, 0.29) is 11.3 Å². The molecule has 0 saturated heterocycles. The molecule has 34 heavy (non-hydrogen) atoms. The van der Waals surface area contributed by atoms with Gasteiger partial charge < -0.3 is 0 Å². The lowest BCUT2D eigenvalue weighted by Crippen LogP contribution is -2.40. The maximum absolute atomic E-state index is 13.5. The number of alkyl halides is 3. The van der Waals surface area contributed by atoms with Gasteiger partial charge in [0, 0.05) is 28.0 Å². The Balaban J connectivity index is 2.40. The quantitative estimate of drug-likeness (QED) is 0.193. The van der Waals surface area contributed by atoms with E-state index in [1.165, 1.54) is 5.01 Å². The highest BCUT2D eigenvalue weighted by atomic mass is 79.9. The maximum atomic E-state index is 13.5. The number of likely N-dealkylation sites (N-methyl/N-ethyl adjacent to an activating group) is 1. The Bertz CT molecular complexity index is 1170. The predicted molar refractivity (Wildman–Crippen MR) is 132 cm³/mol. The number of hydrazine groups is 1. The molecule has 0 amide bonds. The lowest BCUT2D eigenvalue weighted by Gasteiger charge is -2.20. The van der Waals surface area contributed by atoms with Gasteiger partial charge >= 0.3 is 6.18 Å². The molecule has 0 aromatic heterocycles. The van der Waals surface area contributed by atoms with Gasteiger partial charge in [-0.2, -0.15) is 13.2 Å². The van der Waals surface area contributed by atoms with E-state index >= 15 is 0 Å². The number of fused-ring (bicyclic) bond motifs is 1. The number of amidine groups is 1. The van der Waals surface area contributed by atoms with E-state index in [0.717, 1.165) is 22.8 Å². The van der Waals surface area contributed by atoms with Gasteiger partial charge in [-0.05, 0) is 52.4 Å². The monoisotopic (exact) mass is 557 g/mol. The van der Waals surface area contributed by atoms with Gasteiger partial charge in [0.25, 0.3) is 5.69 Å². The summed E-state index contributed by atoms with van der Waals surface area (Å²) in [6.45, 7) is 3.92. The molecule has 0 radical (unpaired) electrons. The van der Waals surface area contributed by atoms with Gasteiger partial charge in [0.1, 0.15) is 11.9 Å². The highest BCUT2D eigenvalue weighted by Gasteiger charge is 2.35. The van der Waals surface area contributed by atoms with Crippen molar-refractivity contribution in [2.45, 2.75) is 43.8 Å². The van der Waals surface area contributed by atoms with Crippen LogP contribution >= 0.6 is 27.7 Å². The second kappa shape index (κ2) is 10.4. The summed E-state index contributed by atoms with van der Waals surface area (Å²) in [4.78, 5) is 21.4. The van der Waals surface area contributed by atoms with Crippen LogP contribution in [0.25, 0.3) is 0 Å². The van der Waals surface area contributed by atoms with Crippen molar-refractivity contribution >= 4 is 50.6 Å². The van der Waals surface area contributed by atoms with Gasteiger partial charge in [-0.3, -0.25) is 20.1 Å². The average molecular weight is 558 g/mol. The van der Waals surface area contributed by atoms with Gasteiger partial charge in [-0.15, -0.1) is 11.8 Å². The molecular weight excluding hydrogens is 535 g/mol. The third-order valence-corrected chi connectivity index (χ3v) is 6.98. The van der Waals surface area contributed by atoms with Crippen molar-refractivity contribution < 1.29 is 18.1 Å². The molecule has 0 bridgehead atoms. The Morgan fingerprint density at radius 3 is 2.50 bits per heavy atom. The van der Waals surface area contributed by atoms with Crippen molar-refractivity contribution in [2.75, 3.05) is 12.8 Å². The molecule has 3 rings (SSSR count). The summed E-state index contributed by atoms with van der Waals surface area (Å²) in [7, 11) is 1.61. The first-order valence-electron chi connectivity index (χ1n) is 10.4. The Morgan fingerprint density at radius 2 is 1.94 bits per heavy atom. The normalized spacial score (nSPS) is 15.8. The van der Waals surface area contributed by atoms with Crippen LogP contribution in [0.5, 0.6) is 0 Å². The van der Waals surface area contributed by atoms with Crippen LogP contribution in [0.4, 0.5) is 24.5 Å². The minimum Gasteiger partial charge on any atom is -0.300 e. The van der Waals surface area contributed by atoms with E-state index in [9.17, 15) is 23.3 Å². The van der Waals surface area contributed by atoms with Crippen LogP contribution in [0, 0.1) is 10.1 Å². The number of nitro groups is 1. The summed E-state index contributed by atoms with van der Waals surface area (Å²) in [5.41, 5.74) is -0.812. The molecule has 182 valence electrons. The highest BCUT2D eigenvalue weighted by Crippen LogP contribution is 2.40. The average Bonchev–Trinajstić information content (AvgIpc) is 2.90. The summed E-state index contributed by atoms with van der Waals surface area (Å²) in [5.74, 6) is 7.25. The van der Waals surface area contributed by atoms with E-state index in [2.05, 4.69) is 15.9 Å². The Hall–Kier alpha value is -2.44. The van der Waals surface area contributed by atoms with E-state index in [1.807, 2.05) is 13.8 Å². The fourth-order valence-electron chi connectivity index (χ4n) is 3.63. The summed E-state index contributed by atoms with van der Waals surface area (Å²) < 4.78 is 41.3. The predicted octanol–water partition coefficient (Wildman–Crippen LogP) is 6.34. The third kappa shape index (κ3) is 5.44. The SMILES string of the molecule is CCCC1N=C(c2cc(C(F)(F)F)ccc2[N+](=O)[O-])c2cc(Br)c(SCC)cc2N=C1N(C)N. The lowest BCUT2D eigenvalue weighted by molar-refractivity contribution is -0.385. The molecule has 2 aromatic carbocycles. The van der Waals surface area contributed by atoms with E-state index in [1.54, 1.807) is 30.9 Å². The first-order chi connectivity index (χ1) is 16.0. The molecule has 0 spiro atoms. The number of halogens is 4. The zero-order valence-electron chi connectivity index (χ0n) is 18.7. The van der Waals surface area contributed by atoms with Crippen molar-refractivity contribution in [3.8, 4) is 0 Å². The Labute approximate surface area is 207 Å². The Morgan fingerprint density at radius 1 is 1.24 bits per heavy atom. The number of nitro benzene ring substituents is 1. The van der Waals surface area contributed by atoms with Crippen molar-refractivity contribution in [3.05, 3.63) is 61.6 Å². The van der Waals surface area contributed by atoms with Crippen LogP contribution in [-0.2, 0) is 6.18 Å². The van der Waals surface area contributed by atoms with Crippen LogP contribution in [0.15, 0.2) is 49.7 Å². The van der Waals surface area contributed by atoms with E-state index < -0.39 is 28.4 Å². The number of nitrogens with zero attached hydrogens (tertiary/aromatic N) is 4. The summed E-state index contributed by atoms with van der Waals surface area (Å²) >= 11 is 5.07. The molecule has 2 aromatic rings. The molecule has 0 saturated carbocycles. The van der Waals surface area contributed by atoms with Gasteiger partial charge in [0.15, 0.2) is 0 Å². The summed E-state index contributed by atoms with van der Waals surface area (Å²) in [5, 5.41) is 13.1. The molecule has 1 aliphatic heterocycles. The lowest BCUT2D eigenvalue weighted by atomic mass is 9.97. The standard InChI is InChI=1S/C22H23BrF3N5O2S/c1-4-6-16-21(30(3)27)29-17-11-19(34-5-2)15(23)10-13(17)20(28-16)14-9-12(22(24,25)26)7-8-18(14)31(32)33/h7-11,16H,4-6,27H2,1-3H3. The van der Waals surface area contributed by atoms with Crippen molar-refractivity contribution in [3.63, 3.8) is 0 Å².